The summed E-state index contributed by atoms with van der Waals surface area (Å²) < 4.78 is 0. The van der Waals surface area contributed by atoms with E-state index in [-0.39, 0.29) is 0 Å². The van der Waals surface area contributed by atoms with E-state index in [9.17, 15) is 0 Å². The fourth-order valence-electron chi connectivity index (χ4n) is 0. The predicted octanol–water partition coefficient (Wildman–Crippen LogP) is 2.16. The minimum atomic E-state index is -0.896. The molecule has 0 aromatic carbocycles. The second-order valence-corrected chi connectivity index (χ2v) is 11.6. The summed E-state index contributed by atoms with van der Waals surface area (Å²) in [5.41, 5.74) is 0. The van der Waals surface area contributed by atoms with Crippen LogP contribution in [0.25, 0.3) is 0 Å². The molecule has 0 aliphatic carbocycles. The fraction of sp³-hybridized carbons (Fsp3) is 0. The van der Waals surface area contributed by atoms with Crippen LogP contribution in [0.4, 0.5) is 0 Å². The van der Waals surface area contributed by atoms with Crippen molar-refractivity contribution in [3.63, 3.8) is 0 Å². The van der Waals surface area contributed by atoms with Gasteiger partial charge in [0, 0.05) is 0 Å². The zero-order chi connectivity index (χ0) is 3.58. The molecule has 0 nitrogen and oxygen atoms in total. The first kappa shape index (κ1) is 6.04. The molecule has 0 saturated carbocycles. The van der Waals surface area contributed by atoms with Crippen LogP contribution in [0.5, 0.6) is 0 Å². The van der Waals surface area contributed by atoms with Crippen LogP contribution in [-0.2, 0) is 0 Å². The summed E-state index contributed by atoms with van der Waals surface area (Å²) in [7, 11) is -0.896. The van der Waals surface area contributed by atoms with Crippen molar-refractivity contribution in [1.82, 2.24) is 0 Å². The van der Waals surface area contributed by atoms with E-state index in [1.54, 1.807) is 0 Å². The van der Waals surface area contributed by atoms with E-state index in [0.717, 1.165) is 0 Å². The third-order valence-electron chi connectivity index (χ3n) is 0. The molecule has 0 aromatic heterocycles. The molecule has 4 heteroatoms. The molecule has 0 atom stereocenters. The van der Waals surface area contributed by atoms with Gasteiger partial charge in [-0.15, -0.1) is 0 Å². The van der Waals surface area contributed by atoms with Crippen molar-refractivity contribution >= 4 is 50.9 Å². The van der Waals surface area contributed by atoms with E-state index < -0.39 is 9.66 Å². The molecule has 0 saturated heterocycles. The summed E-state index contributed by atoms with van der Waals surface area (Å²) in [4.78, 5) is 0. The molecule has 0 N–H and O–H groups in total. The van der Waals surface area contributed by atoms with Crippen molar-refractivity contribution in [2.45, 2.75) is 0 Å². The number of hydrogen-bond donors (Lipinski definition) is 0. The van der Waals surface area contributed by atoms with E-state index in [1.165, 1.54) is 0 Å². The van der Waals surface area contributed by atoms with Crippen molar-refractivity contribution in [3.8, 4) is 0 Å². The second-order valence-electron chi connectivity index (χ2n) is 0.429. The average Bonchev–Trinajstić information content (AvgIpc) is 0.811. The Hall–Kier alpha value is 2.04. The molecule has 0 spiro atoms. The molecule has 0 unspecified atom stereocenters. The third kappa shape index (κ3) is 8.97. The Labute approximate surface area is 50.3 Å². The molecule has 0 rings (SSSR count). The minimum absolute atomic E-state index is 0.896. The summed E-state index contributed by atoms with van der Waals surface area (Å²) in [6.07, 6.45) is 0. The van der Waals surface area contributed by atoms with Crippen LogP contribution in [0.1, 0.15) is 0 Å². The molecule has 22 valence electrons. The van der Waals surface area contributed by atoms with Gasteiger partial charge in [-0.1, -0.05) is 0 Å². The van der Waals surface area contributed by atoms with Crippen molar-refractivity contribution < 1.29 is 0 Å². The van der Waals surface area contributed by atoms with Gasteiger partial charge in [0.25, 0.3) is 0 Å². The molecule has 0 heterocycles. The summed E-state index contributed by atoms with van der Waals surface area (Å²) in [5.74, 6) is 0. The van der Waals surface area contributed by atoms with Crippen LogP contribution < -0.4 is 0 Å². The van der Waals surface area contributed by atoms with Gasteiger partial charge in [-0.25, -0.2) is 0 Å². The average molecular weight is 247 g/mol. The standard InChI is InChI=1S/3BrH.Li/h3*1H;/q;;;+3/p-3. The Morgan fingerprint density at radius 3 is 1.00 bits per heavy atom. The third-order valence-corrected chi connectivity index (χ3v) is 0. The van der Waals surface area contributed by atoms with Gasteiger partial charge in [0.05, 0.1) is 0 Å². The van der Waals surface area contributed by atoms with E-state index >= 15 is 0 Å². The van der Waals surface area contributed by atoms with Gasteiger partial charge in [-0.05, 0) is 0 Å². The summed E-state index contributed by atoms with van der Waals surface area (Å²) >= 11 is 9.81. The first-order chi connectivity index (χ1) is 1.73. The molecular formula is Br3Li. The SMILES string of the molecule is [Br][Li]([Br])[Br]. The molecule has 0 fully saturated rings. The molecule has 0 bridgehead atoms. The van der Waals surface area contributed by atoms with Crippen molar-refractivity contribution in [3.05, 3.63) is 0 Å². The Kier molecular flexibility index (Phi) is 4.88. The van der Waals surface area contributed by atoms with Crippen LogP contribution in [-0.4, -0.2) is 9.66 Å². The van der Waals surface area contributed by atoms with Gasteiger partial charge in [0.15, 0.2) is 0 Å². The molecule has 4 heavy (non-hydrogen) atoms. The first-order valence-corrected chi connectivity index (χ1v) is 5.89. The Morgan fingerprint density at radius 2 is 1.00 bits per heavy atom. The van der Waals surface area contributed by atoms with Gasteiger partial charge in [-0.3, -0.25) is 0 Å². The molecule has 4 radical (unpaired) electrons. The fourth-order valence-corrected chi connectivity index (χ4v) is 0. The molecule has 0 aliphatic rings. The monoisotopic (exact) mass is 244 g/mol. The summed E-state index contributed by atoms with van der Waals surface area (Å²) in [5, 5.41) is 0. The van der Waals surface area contributed by atoms with Crippen LogP contribution in [0.2, 0.25) is 0 Å². The summed E-state index contributed by atoms with van der Waals surface area (Å²) in [6, 6.07) is 0. The van der Waals surface area contributed by atoms with Gasteiger partial charge < -0.3 is 0 Å². The van der Waals surface area contributed by atoms with Gasteiger partial charge in [-0.2, -0.15) is 0 Å². The van der Waals surface area contributed by atoms with Gasteiger partial charge >= 0.3 is 50.9 Å². The molecule has 0 aromatic rings. The van der Waals surface area contributed by atoms with E-state index in [1.807, 2.05) is 0 Å². The van der Waals surface area contributed by atoms with Crippen LogP contribution in [0.3, 0.4) is 0 Å². The maximum atomic E-state index is 3.27. The van der Waals surface area contributed by atoms with Gasteiger partial charge in [0.1, 0.15) is 0 Å². The van der Waals surface area contributed by atoms with Crippen LogP contribution >= 0.6 is 41.2 Å². The zero-order valence-electron chi connectivity index (χ0n) is 2.13. The zero-order valence-corrected chi connectivity index (χ0v) is 6.89. The Morgan fingerprint density at radius 1 is 1.00 bits per heavy atom. The van der Waals surface area contributed by atoms with Crippen LogP contribution in [0.15, 0.2) is 0 Å². The molecule has 0 amide bonds. The van der Waals surface area contributed by atoms with Crippen molar-refractivity contribution in [2.24, 2.45) is 0 Å². The first-order valence-electron chi connectivity index (χ1n) is 1.13. The quantitative estimate of drug-likeness (QED) is 0.575. The van der Waals surface area contributed by atoms with Crippen LogP contribution in [0, 0.1) is 0 Å². The Bertz CT molecular complexity index is 8.00. The van der Waals surface area contributed by atoms with Crippen molar-refractivity contribution in [2.75, 3.05) is 0 Å². The normalized spacial score (nSPS) is 9.00. The van der Waals surface area contributed by atoms with E-state index in [2.05, 4.69) is 41.2 Å². The van der Waals surface area contributed by atoms with E-state index in [0.29, 0.717) is 0 Å². The van der Waals surface area contributed by atoms with Crippen molar-refractivity contribution in [1.29, 1.82) is 0 Å². The number of rotatable bonds is 0. The van der Waals surface area contributed by atoms with E-state index in [4.69, 9.17) is 0 Å². The molecule has 0 aliphatic heterocycles. The topological polar surface area (TPSA) is 0 Å². The number of hydrogen-bond acceptors (Lipinski definition) is 0. The Balaban J connectivity index is 2.32. The summed E-state index contributed by atoms with van der Waals surface area (Å²) in [6.45, 7) is 0. The second kappa shape index (κ2) is 3.24. The van der Waals surface area contributed by atoms with Gasteiger partial charge in [0.2, 0.25) is 0 Å². The predicted molar refractivity (Wildman–Crippen MR) is 32.5 cm³/mol. The number of halogens is 3. The molecular weight excluding hydrogens is 247 g/mol. The maximum absolute atomic E-state index is 3.27.